The maximum Gasteiger partial charge on any atom is 0.252 e. The smallest absolute Gasteiger partial charge is 0.252 e. The van der Waals surface area contributed by atoms with Gasteiger partial charge in [-0.25, -0.2) is 0 Å². The largest absolute Gasteiger partial charge is 0.490 e. The first kappa shape index (κ1) is 14.8. The Morgan fingerprint density at radius 3 is 2.06 bits per heavy atom. The van der Waals surface area contributed by atoms with E-state index in [-0.39, 0.29) is 12.2 Å². The summed E-state index contributed by atoms with van der Waals surface area (Å²) in [6.07, 6.45) is -0.0104. The molecule has 0 aliphatic heterocycles. The predicted molar refractivity (Wildman–Crippen MR) is 74.2 cm³/mol. The molecule has 0 aliphatic carbocycles. The van der Waals surface area contributed by atoms with E-state index in [0.717, 1.165) is 0 Å². The highest BCUT2D eigenvalue weighted by atomic mass is 79.9. The van der Waals surface area contributed by atoms with Crippen molar-refractivity contribution in [3.63, 3.8) is 0 Å². The third kappa shape index (κ3) is 3.91. The van der Waals surface area contributed by atoms with E-state index in [1.165, 1.54) is 0 Å². The van der Waals surface area contributed by atoms with Crippen LogP contribution < -0.4 is 15.2 Å². The third-order valence-corrected chi connectivity index (χ3v) is 2.64. The molecule has 0 bridgehead atoms. The minimum absolute atomic E-state index is 0.0348. The fourth-order valence-corrected chi connectivity index (χ4v) is 1.86. The fourth-order valence-electron chi connectivity index (χ4n) is 1.42. The summed E-state index contributed by atoms with van der Waals surface area (Å²) in [6, 6.07) is 3.31. The third-order valence-electron chi connectivity index (χ3n) is 2.02. The molecular weight excluding hydrogens is 298 g/mol. The minimum Gasteiger partial charge on any atom is -0.490 e. The Bertz CT molecular complexity index is 444. The Morgan fingerprint density at radius 2 is 1.61 bits per heavy atom. The zero-order valence-electron chi connectivity index (χ0n) is 11.0. The van der Waals surface area contributed by atoms with E-state index in [2.05, 4.69) is 15.9 Å². The monoisotopic (exact) mass is 315 g/mol. The Balaban J connectivity index is 3.21. The van der Waals surface area contributed by atoms with Crippen LogP contribution in [0.2, 0.25) is 0 Å². The summed E-state index contributed by atoms with van der Waals surface area (Å²) in [7, 11) is 0. The van der Waals surface area contributed by atoms with Gasteiger partial charge in [0, 0.05) is 6.07 Å². The second-order valence-corrected chi connectivity index (χ2v) is 5.33. The van der Waals surface area contributed by atoms with Gasteiger partial charge < -0.3 is 15.2 Å². The molecule has 18 heavy (non-hydrogen) atoms. The number of ether oxygens (including phenoxy) is 2. The maximum absolute atomic E-state index is 11.4. The summed E-state index contributed by atoms with van der Waals surface area (Å²) >= 11 is 3.36. The molecule has 0 atom stereocenters. The molecule has 2 N–H and O–H groups in total. The van der Waals surface area contributed by atoms with Gasteiger partial charge in [0.15, 0.2) is 0 Å². The lowest BCUT2D eigenvalue weighted by atomic mass is 10.1. The zero-order chi connectivity index (χ0) is 13.9. The molecule has 0 spiro atoms. The van der Waals surface area contributed by atoms with E-state index in [0.29, 0.717) is 21.5 Å². The van der Waals surface area contributed by atoms with E-state index in [1.807, 2.05) is 27.7 Å². The van der Waals surface area contributed by atoms with Gasteiger partial charge in [-0.2, -0.15) is 0 Å². The quantitative estimate of drug-likeness (QED) is 0.908. The molecule has 0 unspecified atom stereocenters. The van der Waals surface area contributed by atoms with Crippen LogP contribution >= 0.6 is 15.9 Å². The van der Waals surface area contributed by atoms with Crippen LogP contribution in [0.1, 0.15) is 38.1 Å². The van der Waals surface area contributed by atoms with Crippen LogP contribution in [0.25, 0.3) is 0 Å². The van der Waals surface area contributed by atoms with Crippen LogP contribution in [0, 0.1) is 0 Å². The van der Waals surface area contributed by atoms with Gasteiger partial charge in [-0.3, -0.25) is 4.79 Å². The molecule has 0 fully saturated rings. The van der Waals surface area contributed by atoms with Gasteiger partial charge in [-0.1, -0.05) is 0 Å². The molecule has 1 aromatic carbocycles. The first-order valence-corrected chi connectivity index (χ1v) is 6.57. The van der Waals surface area contributed by atoms with E-state index in [1.54, 1.807) is 12.1 Å². The van der Waals surface area contributed by atoms with Crippen LogP contribution in [0.3, 0.4) is 0 Å². The van der Waals surface area contributed by atoms with Crippen molar-refractivity contribution < 1.29 is 14.3 Å². The minimum atomic E-state index is -0.526. The number of rotatable bonds is 5. The first-order chi connectivity index (χ1) is 8.31. The number of amides is 1. The lowest BCUT2D eigenvalue weighted by Crippen LogP contribution is -2.16. The molecule has 0 saturated carbocycles. The Kier molecular flexibility index (Phi) is 5.02. The highest BCUT2D eigenvalue weighted by Crippen LogP contribution is 2.34. The summed E-state index contributed by atoms with van der Waals surface area (Å²) in [5.74, 6) is 0.546. The topological polar surface area (TPSA) is 61.6 Å². The molecule has 1 rings (SSSR count). The number of hydrogen-bond donors (Lipinski definition) is 1. The average Bonchev–Trinajstić information content (AvgIpc) is 2.20. The zero-order valence-corrected chi connectivity index (χ0v) is 12.6. The molecule has 0 heterocycles. The molecule has 0 aliphatic rings. The second-order valence-electron chi connectivity index (χ2n) is 4.48. The van der Waals surface area contributed by atoms with Gasteiger partial charge in [0.25, 0.3) is 5.91 Å². The standard InChI is InChI=1S/C13H18BrNO3/c1-7(2)17-11-6-12(18-8(3)4)10(14)5-9(11)13(15)16/h5-8H,1-4H3,(H2,15,16). The van der Waals surface area contributed by atoms with E-state index >= 15 is 0 Å². The Hall–Kier alpha value is -1.23. The number of hydrogen-bond acceptors (Lipinski definition) is 3. The lowest BCUT2D eigenvalue weighted by Gasteiger charge is -2.17. The van der Waals surface area contributed by atoms with Crippen molar-refractivity contribution in [2.75, 3.05) is 0 Å². The van der Waals surface area contributed by atoms with Gasteiger partial charge in [0.1, 0.15) is 11.5 Å². The number of carbonyl (C=O) groups excluding carboxylic acids is 1. The normalized spacial score (nSPS) is 10.8. The van der Waals surface area contributed by atoms with Crippen LogP contribution in [0.15, 0.2) is 16.6 Å². The Morgan fingerprint density at radius 1 is 1.11 bits per heavy atom. The molecule has 1 amide bonds. The summed E-state index contributed by atoms with van der Waals surface area (Å²) in [4.78, 5) is 11.4. The molecule has 0 aromatic heterocycles. The van der Waals surface area contributed by atoms with E-state index < -0.39 is 5.91 Å². The van der Waals surface area contributed by atoms with Gasteiger partial charge in [0.05, 0.1) is 22.2 Å². The van der Waals surface area contributed by atoms with Gasteiger partial charge in [0.2, 0.25) is 0 Å². The van der Waals surface area contributed by atoms with Crippen molar-refractivity contribution in [3.8, 4) is 11.5 Å². The molecule has 0 saturated heterocycles. The van der Waals surface area contributed by atoms with Crippen LogP contribution in [-0.2, 0) is 0 Å². The molecule has 1 aromatic rings. The van der Waals surface area contributed by atoms with Crippen molar-refractivity contribution in [1.29, 1.82) is 0 Å². The Labute approximate surface area is 116 Å². The number of nitrogens with two attached hydrogens (primary N) is 1. The summed E-state index contributed by atoms with van der Waals surface area (Å²) in [5, 5.41) is 0. The highest BCUT2D eigenvalue weighted by molar-refractivity contribution is 9.10. The lowest BCUT2D eigenvalue weighted by molar-refractivity contribution is 0.0994. The van der Waals surface area contributed by atoms with Gasteiger partial charge in [-0.05, 0) is 49.7 Å². The molecule has 5 heteroatoms. The van der Waals surface area contributed by atoms with E-state index in [4.69, 9.17) is 15.2 Å². The average molecular weight is 316 g/mol. The van der Waals surface area contributed by atoms with Crippen molar-refractivity contribution in [3.05, 3.63) is 22.2 Å². The molecule has 4 nitrogen and oxygen atoms in total. The first-order valence-electron chi connectivity index (χ1n) is 5.78. The molecule has 100 valence electrons. The SMILES string of the molecule is CC(C)Oc1cc(OC(C)C)c(C(N)=O)cc1Br. The fraction of sp³-hybridized carbons (Fsp3) is 0.462. The number of benzene rings is 1. The summed E-state index contributed by atoms with van der Waals surface area (Å²) in [5.41, 5.74) is 5.67. The number of carbonyl (C=O) groups is 1. The predicted octanol–water partition coefficient (Wildman–Crippen LogP) is 3.12. The van der Waals surface area contributed by atoms with Crippen LogP contribution in [-0.4, -0.2) is 18.1 Å². The van der Waals surface area contributed by atoms with E-state index in [9.17, 15) is 4.79 Å². The van der Waals surface area contributed by atoms with Crippen LogP contribution in [0.5, 0.6) is 11.5 Å². The maximum atomic E-state index is 11.4. The number of halogens is 1. The van der Waals surface area contributed by atoms with Crippen molar-refractivity contribution >= 4 is 21.8 Å². The number of primary amides is 1. The van der Waals surface area contributed by atoms with Gasteiger partial charge >= 0.3 is 0 Å². The summed E-state index contributed by atoms with van der Waals surface area (Å²) < 4.78 is 11.9. The molecular formula is C13H18BrNO3. The second kappa shape index (κ2) is 6.09. The van der Waals surface area contributed by atoms with Crippen molar-refractivity contribution in [2.24, 2.45) is 5.73 Å². The summed E-state index contributed by atoms with van der Waals surface area (Å²) in [6.45, 7) is 7.63. The van der Waals surface area contributed by atoms with Crippen molar-refractivity contribution in [1.82, 2.24) is 0 Å². The van der Waals surface area contributed by atoms with Crippen LogP contribution in [0.4, 0.5) is 0 Å². The molecule has 0 radical (unpaired) electrons. The highest BCUT2D eigenvalue weighted by Gasteiger charge is 2.16. The van der Waals surface area contributed by atoms with Gasteiger partial charge in [-0.15, -0.1) is 0 Å². The van der Waals surface area contributed by atoms with Crippen molar-refractivity contribution in [2.45, 2.75) is 39.9 Å².